The number of hydrogen-bond acceptors (Lipinski definition) is 5. The molecule has 1 amide bonds. The van der Waals surface area contributed by atoms with Crippen molar-refractivity contribution in [2.75, 3.05) is 5.32 Å². The number of benzene rings is 2. The van der Waals surface area contributed by atoms with Crippen LogP contribution in [0.5, 0.6) is 0 Å². The molecule has 0 aliphatic heterocycles. The molecule has 1 N–H and O–H groups in total. The molecule has 5 rings (SSSR count). The normalized spacial score (nSPS) is 12.1. The predicted molar refractivity (Wildman–Crippen MR) is 149 cm³/mol. The van der Waals surface area contributed by atoms with E-state index in [0.29, 0.717) is 53.3 Å². The van der Waals surface area contributed by atoms with Gasteiger partial charge in [-0.2, -0.15) is 0 Å². The molecule has 0 aliphatic carbocycles. The van der Waals surface area contributed by atoms with Gasteiger partial charge in [-0.1, -0.05) is 49.4 Å². The Morgan fingerprint density at radius 3 is 2.42 bits per heavy atom. The molecular weight excluding hydrogens is 500 g/mol. The fourth-order valence-corrected chi connectivity index (χ4v) is 5.10. The number of nitrogens with one attached hydrogen (secondary N) is 1. The van der Waals surface area contributed by atoms with Crippen molar-refractivity contribution in [1.29, 1.82) is 0 Å². The molecule has 194 valence electrons. The van der Waals surface area contributed by atoms with Crippen LogP contribution < -0.4 is 10.6 Å². The van der Waals surface area contributed by atoms with Crippen molar-refractivity contribution in [3.8, 4) is 0 Å². The minimum atomic E-state index is -0.469. The van der Waals surface area contributed by atoms with Crippen molar-refractivity contribution in [3.05, 3.63) is 95.0 Å². The summed E-state index contributed by atoms with van der Waals surface area (Å²) in [5.41, 5.74) is 3.73. The van der Waals surface area contributed by atoms with Crippen LogP contribution in [-0.2, 0) is 19.5 Å². The van der Waals surface area contributed by atoms with Gasteiger partial charge >= 0.3 is 0 Å². The van der Waals surface area contributed by atoms with Crippen molar-refractivity contribution in [1.82, 2.24) is 29.3 Å². The summed E-state index contributed by atoms with van der Waals surface area (Å²) in [6.45, 7) is 7.11. The van der Waals surface area contributed by atoms with Crippen LogP contribution in [-0.4, -0.2) is 35.2 Å². The highest BCUT2D eigenvalue weighted by Gasteiger charge is 2.28. The summed E-state index contributed by atoms with van der Waals surface area (Å²) in [5.74, 6) is -0.208. The number of carbonyl (C=O) groups excluding carboxylic acids is 1. The van der Waals surface area contributed by atoms with Gasteiger partial charge in [0.25, 0.3) is 5.91 Å². The molecule has 0 bridgehead atoms. The highest BCUT2D eigenvalue weighted by atomic mass is 31.0. The molecule has 3 heterocycles. The lowest BCUT2D eigenvalue weighted by atomic mass is 9.90. The number of anilines is 1. The molecule has 38 heavy (non-hydrogen) atoms. The molecule has 2 aromatic carbocycles. The largest absolute Gasteiger partial charge is 0.326 e. The van der Waals surface area contributed by atoms with E-state index in [4.69, 9.17) is 9.97 Å². The number of aromatic nitrogens is 6. The molecule has 10 heteroatoms. The second-order valence-corrected chi connectivity index (χ2v) is 9.48. The molecule has 0 saturated carbocycles. The van der Waals surface area contributed by atoms with Gasteiger partial charge < -0.3 is 4.57 Å². The van der Waals surface area contributed by atoms with E-state index in [1.807, 2.05) is 61.7 Å². The van der Waals surface area contributed by atoms with Crippen LogP contribution in [0, 0.1) is 5.82 Å². The van der Waals surface area contributed by atoms with E-state index in [1.54, 1.807) is 23.1 Å². The minimum absolute atomic E-state index is 0.236. The number of carbonyl (C=O) groups is 1. The first-order valence-corrected chi connectivity index (χ1v) is 13.2. The Balaban J connectivity index is 1.68. The zero-order valence-corrected chi connectivity index (χ0v) is 22.7. The van der Waals surface area contributed by atoms with Gasteiger partial charge in [0.1, 0.15) is 18.0 Å². The molecule has 5 aromatic rings. The summed E-state index contributed by atoms with van der Waals surface area (Å²) in [4.78, 5) is 27.2. The van der Waals surface area contributed by atoms with Crippen LogP contribution in [0.1, 0.15) is 59.7 Å². The van der Waals surface area contributed by atoms with Gasteiger partial charge in [0.05, 0.1) is 22.7 Å². The lowest BCUT2D eigenvalue weighted by Gasteiger charge is -2.21. The van der Waals surface area contributed by atoms with Gasteiger partial charge in [0.2, 0.25) is 5.95 Å². The zero-order valence-electron chi connectivity index (χ0n) is 21.5. The predicted octanol–water partition coefficient (Wildman–Crippen LogP) is 4.70. The molecule has 8 nitrogen and oxygen atoms in total. The van der Waals surface area contributed by atoms with Gasteiger partial charge in [-0.15, -0.1) is 14.3 Å². The smallest absolute Gasteiger partial charge is 0.259 e. The number of rotatable bonds is 8. The first-order valence-electron chi connectivity index (χ1n) is 12.6. The van der Waals surface area contributed by atoms with Crippen molar-refractivity contribution >= 4 is 37.6 Å². The minimum Gasteiger partial charge on any atom is -0.326 e. The number of aryl methyl sites for hydroxylation is 3. The third-order valence-corrected chi connectivity index (χ3v) is 7.14. The maximum atomic E-state index is 15.2. The van der Waals surface area contributed by atoms with Gasteiger partial charge in [-0.3, -0.25) is 14.8 Å². The van der Waals surface area contributed by atoms with E-state index in [9.17, 15) is 4.79 Å². The number of nitrogens with zero attached hydrogens (tertiary/aromatic N) is 6. The Hall–Kier alpha value is -3.97. The molecule has 0 radical (unpaired) electrons. The van der Waals surface area contributed by atoms with Crippen molar-refractivity contribution < 1.29 is 9.18 Å². The highest BCUT2D eigenvalue weighted by molar-refractivity contribution is 7.27. The molecule has 2 unspecified atom stereocenters. The first kappa shape index (κ1) is 25.7. The third kappa shape index (κ3) is 4.70. The van der Waals surface area contributed by atoms with Gasteiger partial charge in [-0.05, 0) is 43.3 Å². The van der Waals surface area contributed by atoms with Crippen LogP contribution in [0.4, 0.5) is 10.3 Å². The Bertz CT molecular complexity index is 1580. The number of imidazole rings is 1. The summed E-state index contributed by atoms with van der Waals surface area (Å²) in [6.07, 6.45) is 2.11. The zero-order chi connectivity index (χ0) is 26.8. The van der Waals surface area contributed by atoms with E-state index < -0.39 is 5.92 Å². The standard InChI is InChI=1S/C28H29FN7OP/c1-4-21-19(27(37)33-28-30-16-35(5-2)34-28)15-22-25(31-21)32-26(36(22)6-3)24(17-11-7-9-13-20(17)29)18-12-8-10-14-23(18)38/h7-16,24H,4-6,38H2,1-3H3,(H,33,34,37). The maximum absolute atomic E-state index is 15.2. The maximum Gasteiger partial charge on any atom is 0.259 e. The van der Waals surface area contributed by atoms with E-state index in [1.165, 1.54) is 6.07 Å². The average Bonchev–Trinajstić information content (AvgIpc) is 3.53. The summed E-state index contributed by atoms with van der Waals surface area (Å²) >= 11 is 0. The van der Waals surface area contributed by atoms with Crippen LogP contribution in [0.25, 0.3) is 11.2 Å². The second kappa shape index (κ2) is 10.8. The van der Waals surface area contributed by atoms with Crippen LogP contribution in [0.2, 0.25) is 0 Å². The Kier molecular flexibility index (Phi) is 7.29. The van der Waals surface area contributed by atoms with Crippen LogP contribution in [0.3, 0.4) is 0 Å². The fourth-order valence-electron chi connectivity index (χ4n) is 4.72. The summed E-state index contributed by atoms with van der Waals surface area (Å²) in [6, 6.07) is 16.5. The molecule has 2 atom stereocenters. The Morgan fingerprint density at radius 1 is 1.03 bits per heavy atom. The van der Waals surface area contributed by atoms with Crippen LogP contribution >= 0.6 is 9.24 Å². The van der Waals surface area contributed by atoms with Gasteiger partial charge in [0, 0.05) is 18.7 Å². The van der Waals surface area contributed by atoms with E-state index in [-0.39, 0.29) is 17.7 Å². The van der Waals surface area contributed by atoms with Crippen LogP contribution in [0.15, 0.2) is 60.9 Å². The van der Waals surface area contributed by atoms with E-state index >= 15 is 4.39 Å². The number of hydrogen-bond donors (Lipinski definition) is 1. The number of amides is 1. The Morgan fingerprint density at radius 2 is 1.76 bits per heavy atom. The van der Waals surface area contributed by atoms with Crippen molar-refractivity contribution in [3.63, 3.8) is 0 Å². The van der Waals surface area contributed by atoms with E-state index in [2.05, 4.69) is 24.6 Å². The molecule has 3 aromatic heterocycles. The molecular formula is C28H29FN7OP. The highest BCUT2D eigenvalue weighted by Crippen LogP contribution is 2.35. The number of pyridine rings is 1. The second-order valence-electron chi connectivity index (χ2n) is 8.85. The topological polar surface area (TPSA) is 90.5 Å². The quantitative estimate of drug-likeness (QED) is 0.295. The fraction of sp³-hybridized carbons (Fsp3) is 0.250. The summed E-state index contributed by atoms with van der Waals surface area (Å²) in [5, 5.41) is 7.99. The SMILES string of the molecule is CCc1nc2nc(C(c3ccccc3F)c3ccccc3P)n(CC)c2cc1C(=O)Nc1ncn(CC)n1. The molecule has 0 aliphatic rings. The monoisotopic (exact) mass is 529 g/mol. The summed E-state index contributed by atoms with van der Waals surface area (Å²) in [7, 11) is 2.75. The molecule has 0 spiro atoms. The molecule has 0 fully saturated rings. The molecule has 0 saturated heterocycles. The van der Waals surface area contributed by atoms with Crippen molar-refractivity contribution in [2.24, 2.45) is 0 Å². The lowest BCUT2D eigenvalue weighted by Crippen LogP contribution is -2.17. The average molecular weight is 530 g/mol. The lowest BCUT2D eigenvalue weighted by molar-refractivity contribution is 0.102. The third-order valence-electron chi connectivity index (χ3n) is 6.61. The van der Waals surface area contributed by atoms with Gasteiger partial charge in [0.15, 0.2) is 5.65 Å². The first-order chi connectivity index (χ1) is 18.4. The van der Waals surface area contributed by atoms with Crippen molar-refractivity contribution in [2.45, 2.75) is 46.2 Å². The summed E-state index contributed by atoms with van der Waals surface area (Å²) < 4.78 is 18.9. The number of fused-ring (bicyclic) bond motifs is 1. The number of halogens is 1. The van der Waals surface area contributed by atoms with E-state index in [0.717, 1.165) is 10.9 Å². The van der Waals surface area contributed by atoms with Gasteiger partial charge in [-0.25, -0.2) is 19.3 Å². The Labute approximate surface area is 222 Å².